The van der Waals surface area contributed by atoms with Crippen LogP contribution in [0.1, 0.15) is 6.92 Å². The van der Waals surface area contributed by atoms with Gasteiger partial charge in [-0.15, -0.1) is 5.10 Å². The fourth-order valence-corrected chi connectivity index (χ4v) is 2.73. The highest BCUT2D eigenvalue weighted by molar-refractivity contribution is 5.91. The molecule has 0 unspecified atom stereocenters. The number of amides is 1. The van der Waals surface area contributed by atoms with Crippen molar-refractivity contribution in [1.82, 2.24) is 20.2 Å². The summed E-state index contributed by atoms with van der Waals surface area (Å²) in [6.45, 7) is 1.47. The Morgan fingerprint density at radius 1 is 0.929 bits per heavy atom. The van der Waals surface area contributed by atoms with Crippen LogP contribution in [0.25, 0.3) is 10.9 Å². The van der Waals surface area contributed by atoms with Crippen molar-refractivity contribution >= 4 is 45.6 Å². The van der Waals surface area contributed by atoms with E-state index in [0.29, 0.717) is 11.8 Å². The first-order valence-electron chi connectivity index (χ1n) is 8.62. The largest absolute Gasteiger partial charge is 0.337 e. The molecule has 0 aliphatic rings. The number of nitrogens with one attached hydrogen (secondary N) is 3. The predicted molar refractivity (Wildman–Crippen MR) is 109 cm³/mol. The van der Waals surface area contributed by atoms with E-state index in [0.717, 1.165) is 28.0 Å². The summed E-state index contributed by atoms with van der Waals surface area (Å²) >= 11 is 0. The number of para-hydroxylation sites is 1. The van der Waals surface area contributed by atoms with Crippen molar-refractivity contribution in [2.45, 2.75) is 6.92 Å². The minimum atomic E-state index is -0.116. The quantitative estimate of drug-likeness (QED) is 0.489. The summed E-state index contributed by atoms with van der Waals surface area (Å²) in [5, 5.41) is 18.1. The zero-order chi connectivity index (χ0) is 19.3. The molecule has 0 radical (unpaired) electrons. The third-order valence-corrected chi connectivity index (χ3v) is 3.92. The molecule has 8 nitrogen and oxygen atoms in total. The van der Waals surface area contributed by atoms with Crippen LogP contribution in [0.5, 0.6) is 0 Å². The van der Waals surface area contributed by atoms with Crippen molar-refractivity contribution in [2.75, 3.05) is 16.0 Å². The maximum atomic E-state index is 11.1. The maximum absolute atomic E-state index is 11.1. The predicted octanol–water partition coefficient (Wildman–Crippen LogP) is 3.87. The highest BCUT2D eigenvalue weighted by atomic mass is 16.1. The van der Waals surface area contributed by atoms with Gasteiger partial charge in [0.05, 0.1) is 17.4 Å². The molecule has 28 heavy (non-hydrogen) atoms. The van der Waals surface area contributed by atoms with Crippen molar-refractivity contribution in [2.24, 2.45) is 0 Å². The van der Waals surface area contributed by atoms with Gasteiger partial charge in [0, 0.05) is 29.9 Å². The van der Waals surface area contributed by atoms with E-state index in [1.165, 1.54) is 6.92 Å². The summed E-state index contributed by atoms with van der Waals surface area (Å²) in [6.07, 6.45) is 3.30. The Labute approximate surface area is 161 Å². The van der Waals surface area contributed by atoms with Gasteiger partial charge in [-0.25, -0.2) is 0 Å². The van der Waals surface area contributed by atoms with Crippen LogP contribution in [0, 0.1) is 0 Å². The normalized spacial score (nSPS) is 10.5. The molecule has 0 aliphatic carbocycles. The third-order valence-electron chi connectivity index (χ3n) is 3.92. The number of nitrogens with zero attached hydrogens (tertiary/aromatic N) is 4. The lowest BCUT2D eigenvalue weighted by Gasteiger charge is -2.10. The Morgan fingerprint density at radius 3 is 2.54 bits per heavy atom. The second-order valence-corrected chi connectivity index (χ2v) is 6.05. The number of hydrogen-bond acceptors (Lipinski definition) is 7. The van der Waals surface area contributed by atoms with E-state index in [2.05, 4.69) is 36.1 Å². The van der Waals surface area contributed by atoms with E-state index in [1.807, 2.05) is 42.5 Å². The molecule has 2 heterocycles. The van der Waals surface area contributed by atoms with Crippen LogP contribution in [0.2, 0.25) is 0 Å². The lowest BCUT2D eigenvalue weighted by molar-refractivity contribution is -0.114. The highest BCUT2D eigenvalue weighted by Crippen LogP contribution is 2.24. The van der Waals surface area contributed by atoms with Gasteiger partial charge < -0.3 is 16.0 Å². The van der Waals surface area contributed by atoms with E-state index in [4.69, 9.17) is 0 Å². The van der Waals surface area contributed by atoms with Gasteiger partial charge in [-0.1, -0.05) is 18.2 Å². The molecule has 0 bridgehead atoms. The smallest absolute Gasteiger partial charge is 0.249 e. The molecular weight excluding hydrogens is 354 g/mol. The lowest BCUT2D eigenvalue weighted by Crippen LogP contribution is -2.06. The Hall–Kier alpha value is -4.07. The first-order chi connectivity index (χ1) is 13.7. The van der Waals surface area contributed by atoms with Crippen molar-refractivity contribution in [3.63, 3.8) is 0 Å². The van der Waals surface area contributed by atoms with Gasteiger partial charge in [0.15, 0.2) is 5.82 Å². The van der Waals surface area contributed by atoms with Crippen LogP contribution in [-0.4, -0.2) is 26.1 Å². The average Bonchev–Trinajstić information content (AvgIpc) is 2.70. The van der Waals surface area contributed by atoms with Crippen molar-refractivity contribution in [1.29, 1.82) is 0 Å². The minimum Gasteiger partial charge on any atom is -0.337 e. The summed E-state index contributed by atoms with van der Waals surface area (Å²) in [6, 6.07) is 17.0. The molecule has 1 amide bonds. The monoisotopic (exact) mass is 371 g/mol. The number of carbonyl (C=O) groups excluding carboxylic acids is 1. The summed E-state index contributed by atoms with van der Waals surface area (Å²) in [4.78, 5) is 20.0. The number of carbonyl (C=O) groups is 1. The number of anilines is 5. The molecule has 0 fully saturated rings. The van der Waals surface area contributed by atoms with Crippen LogP contribution in [0.15, 0.2) is 67.0 Å². The number of rotatable bonds is 5. The van der Waals surface area contributed by atoms with Crippen molar-refractivity contribution in [3.05, 3.63) is 67.0 Å². The molecule has 0 aliphatic heterocycles. The molecule has 3 N–H and O–H groups in total. The maximum Gasteiger partial charge on any atom is 0.249 e. The molecule has 8 heteroatoms. The van der Waals surface area contributed by atoms with Crippen LogP contribution < -0.4 is 16.0 Å². The zero-order valence-electron chi connectivity index (χ0n) is 15.0. The first-order valence-corrected chi connectivity index (χ1v) is 8.62. The van der Waals surface area contributed by atoms with Crippen LogP contribution in [-0.2, 0) is 4.79 Å². The summed E-state index contributed by atoms with van der Waals surface area (Å²) in [5.74, 6) is 0.783. The molecule has 4 aromatic rings. The topological polar surface area (TPSA) is 105 Å². The second kappa shape index (κ2) is 7.67. The average molecular weight is 371 g/mol. The second-order valence-electron chi connectivity index (χ2n) is 6.05. The van der Waals surface area contributed by atoms with Crippen LogP contribution in [0.3, 0.4) is 0 Å². The molecule has 2 aromatic heterocycles. The van der Waals surface area contributed by atoms with Crippen LogP contribution >= 0.6 is 0 Å². The molecule has 2 aromatic carbocycles. The molecular formula is C20H17N7O. The van der Waals surface area contributed by atoms with Gasteiger partial charge in [-0.3, -0.25) is 9.78 Å². The van der Waals surface area contributed by atoms with E-state index >= 15 is 0 Å². The molecule has 0 saturated carbocycles. The van der Waals surface area contributed by atoms with Crippen molar-refractivity contribution < 1.29 is 4.79 Å². The Bertz CT molecular complexity index is 1120. The zero-order valence-corrected chi connectivity index (χ0v) is 15.0. The lowest BCUT2D eigenvalue weighted by atomic mass is 10.2. The van der Waals surface area contributed by atoms with Gasteiger partial charge in [0.1, 0.15) is 0 Å². The third kappa shape index (κ3) is 4.01. The number of hydrogen-bond donors (Lipinski definition) is 3. The SMILES string of the molecule is CC(=O)Nc1ccc(Nc2nncc(Nc3cccc4cccnc34)n2)cc1. The van der Waals surface area contributed by atoms with Gasteiger partial charge >= 0.3 is 0 Å². The van der Waals surface area contributed by atoms with E-state index in [9.17, 15) is 4.79 Å². The fraction of sp³-hybridized carbons (Fsp3) is 0.0500. The molecule has 0 spiro atoms. The molecule has 0 atom stereocenters. The Kier molecular flexibility index (Phi) is 4.75. The molecule has 4 rings (SSSR count). The number of pyridine rings is 1. The van der Waals surface area contributed by atoms with Gasteiger partial charge in [0.25, 0.3) is 0 Å². The van der Waals surface area contributed by atoms with E-state index < -0.39 is 0 Å². The Morgan fingerprint density at radius 2 is 1.71 bits per heavy atom. The molecule has 138 valence electrons. The fourth-order valence-electron chi connectivity index (χ4n) is 2.73. The molecule has 0 saturated heterocycles. The van der Waals surface area contributed by atoms with E-state index in [1.54, 1.807) is 24.5 Å². The van der Waals surface area contributed by atoms with Gasteiger partial charge in [-0.2, -0.15) is 10.1 Å². The standard InChI is InChI=1S/C20H17N7O/c1-13(28)23-15-7-9-16(10-8-15)24-20-26-18(12-22-27-20)25-17-6-2-4-14-5-3-11-21-19(14)17/h2-12H,1H3,(H,23,28)(H2,24,25,26,27). The number of fused-ring (bicyclic) bond motifs is 1. The number of aromatic nitrogens is 4. The van der Waals surface area contributed by atoms with Gasteiger partial charge in [-0.05, 0) is 36.4 Å². The highest BCUT2D eigenvalue weighted by Gasteiger charge is 2.06. The first kappa shape index (κ1) is 17.3. The Balaban J connectivity index is 1.52. The summed E-state index contributed by atoms with van der Waals surface area (Å²) in [7, 11) is 0. The minimum absolute atomic E-state index is 0.116. The van der Waals surface area contributed by atoms with Crippen molar-refractivity contribution in [3.8, 4) is 0 Å². The number of benzene rings is 2. The van der Waals surface area contributed by atoms with Crippen LogP contribution in [0.4, 0.5) is 28.8 Å². The van der Waals surface area contributed by atoms with Gasteiger partial charge in [0.2, 0.25) is 11.9 Å². The van der Waals surface area contributed by atoms with E-state index in [-0.39, 0.29) is 5.91 Å². The summed E-state index contributed by atoms with van der Waals surface area (Å²) in [5.41, 5.74) is 3.19. The summed E-state index contributed by atoms with van der Waals surface area (Å²) < 4.78 is 0.